The minimum absolute atomic E-state index is 0.0409. The van der Waals surface area contributed by atoms with Crippen molar-refractivity contribution < 1.29 is 4.79 Å². The van der Waals surface area contributed by atoms with Crippen molar-refractivity contribution in [2.75, 3.05) is 11.9 Å². The summed E-state index contributed by atoms with van der Waals surface area (Å²) in [6.07, 6.45) is 2.42. The summed E-state index contributed by atoms with van der Waals surface area (Å²) in [6.45, 7) is 6.49. The lowest BCUT2D eigenvalue weighted by molar-refractivity contribution is -0.121. The first-order valence-electron chi connectivity index (χ1n) is 6.13. The van der Waals surface area contributed by atoms with Gasteiger partial charge in [0.1, 0.15) is 6.54 Å². The van der Waals surface area contributed by atoms with E-state index in [0.29, 0.717) is 12.2 Å². The van der Waals surface area contributed by atoms with Crippen molar-refractivity contribution in [3.8, 4) is 0 Å². The van der Waals surface area contributed by atoms with Crippen molar-refractivity contribution in [2.24, 2.45) is 0 Å². The lowest BCUT2D eigenvalue weighted by Crippen LogP contribution is -2.33. The Bertz CT molecular complexity index is 454. The molecule has 0 spiro atoms. The number of rotatable bonds is 6. The number of nitrogens with zero attached hydrogens (tertiary/aromatic N) is 2. The monoisotopic (exact) mass is 252 g/mol. The summed E-state index contributed by atoms with van der Waals surface area (Å²) >= 11 is 0. The number of carbonyl (C=O) groups is 1. The second kappa shape index (κ2) is 6.78. The molecule has 1 heterocycles. The van der Waals surface area contributed by atoms with Gasteiger partial charge in [-0.25, -0.2) is 4.68 Å². The molecule has 6 nitrogen and oxygen atoms in total. The van der Waals surface area contributed by atoms with Gasteiger partial charge >= 0.3 is 0 Å². The van der Waals surface area contributed by atoms with E-state index in [1.807, 2.05) is 20.8 Å². The topological polar surface area (TPSA) is 76.0 Å². The molecule has 6 heteroatoms. The van der Waals surface area contributed by atoms with Crippen molar-refractivity contribution >= 4 is 11.6 Å². The summed E-state index contributed by atoms with van der Waals surface area (Å²) in [4.78, 5) is 23.2. The van der Waals surface area contributed by atoms with Gasteiger partial charge in [-0.1, -0.05) is 6.92 Å². The number of hydrogen-bond donors (Lipinski definition) is 2. The van der Waals surface area contributed by atoms with Crippen LogP contribution in [0.1, 0.15) is 27.2 Å². The quantitative estimate of drug-likeness (QED) is 0.777. The average Bonchev–Trinajstić information content (AvgIpc) is 2.29. The van der Waals surface area contributed by atoms with Crippen molar-refractivity contribution in [1.82, 2.24) is 15.1 Å². The Morgan fingerprint density at radius 2 is 2.22 bits per heavy atom. The summed E-state index contributed by atoms with van der Waals surface area (Å²) < 4.78 is 1.15. The smallest absolute Gasteiger partial charge is 0.269 e. The van der Waals surface area contributed by atoms with E-state index in [2.05, 4.69) is 15.7 Å². The fourth-order valence-corrected chi connectivity index (χ4v) is 1.42. The van der Waals surface area contributed by atoms with Crippen LogP contribution in [0.4, 0.5) is 5.69 Å². The van der Waals surface area contributed by atoms with Gasteiger partial charge in [0.25, 0.3) is 5.56 Å². The zero-order chi connectivity index (χ0) is 13.5. The van der Waals surface area contributed by atoms with Crippen LogP contribution in [0.25, 0.3) is 0 Å². The molecule has 1 rings (SSSR count). The van der Waals surface area contributed by atoms with Gasteiger partial charge in [0.05, 0.1) is 11.9 Å². The standard InChI is InChI=1S/C12H20N4O2/c1-4-5-13-11(17)8-16-12(18)6-10(7-14-16)15-9(2)3/h6-7,9,15H,4-5,8H2,1-3H3,(H,13,17). The number of anilines is 1. The Balaban J connectivity index is 2.68. The molecule has 1 amide bonds. The minimum Gasteiger partial charge on any atom is -0.381 e. The molecule has 0 saturated carbocycles. The Morgan fingerprint density at radius 1 is 1.50 bits per heavy atom. The van der Waals surface area contributed by atoms with E-state index in [1.54, 1.807) is 6.20 Å². The number of hydrogen-bond acceptors (Lipinski definition) is 4. The minimum atomic E-state index is -0.285. The summed E-state index contributed by atoms with van der Waals surface area (Å²) in [5.74, 6) is -0.198. The molecule has 0 aliphatic rings. The van der Waals surface area contributed by atoms with Crippen molar-refractivity contribution in [3.05, 3.63) is 22.6 Å². The Hall–Kier alpha value is -1.85. The molecular formula is C12H20N4O2. The molecule has 1 aromatic heterocycles. The average molecular weight is 252 g/mol. The first kappa shape index (κ1) is 14.2. The molecule has 0 aliphatic carbocycles. The van der Waals surface area contributed by atoms with Crippen LogP contribution in [0.15, 0.2) is 17.1 Å². The van der Waals surface area contributed by atoms with Crippen LogP contribution >= 0.6 is 0 Å². The molecule has 0 aliphatic heterocycles. The van der Waals surface area contributed by atoms with Gasteiger partial charge in [-0.05, 0) is 20.3 Å². The highest BCUT2D eigenvalue weighted by Gasteiger charge is 2.05. The lowest BCUT2D eigenvalue weighted by atomic mass is 10.3. The van der Waals surface area contributed by atoms with E-state index < -0.39 is 0 Å². The Morgan fingerprint density at radius 3 is 2.78 bits per heavy atom. The van der Waals surface area contributed by atoms with Crippen molar-refractivity contribution in [3.63, 3.8) is 0 Å². The Kier molecular flexibility index (Phi) is 5.35. The lowest BCUT2D eigenvalue weighted by Gasteiger charge is -2.10. The SMILES string of the molecule is CCCNC(=O)Cn1ncc(NC(C)C)cc1=O. The molecule has 0 fully saturated rings. The van der Waals surface area contributed by atoms with E-state index in [4.69, 9.17) is 0 Å². The van der Waals surface area contributed by atoms with Crippen LogP contribution in [0.5, 0.6) is 0 Å². The van der Waals surface area contributed by atoms with Crippen LogP contribution in [0, 0.1) is 0 Å². The number of aromatic nitrogens is 2. The molecule has 0 unspecified atom stereocenters. The number of nitrogens with one attached hydrogen (secondary N) is 2. The van der Waals surface area contributed by atoms with E-state index in [0.717, 1.165) is 11.1 Å². The van der Waals surface area contributed by atoms with Gasteiger partial charge in [-0.15, -0.1) is 0 Å². The first-order valence-corrected chi connectivity index (χ1v) is 6.13. The largest absolute Gasteiger partial charge is 0.381 e. The highest BCUT2D eigenvalue weighted by atomic mass is 16.2. The highest BCUT2D eigenvalue weighted by molar-refractivity contribution is 5.75. The summed E-state index contributed by atoms with van der Waals surface area (Å²) in [6, 6.07) is 1.68. The number of amides is 1. The second-order valence-electron chi connectivity index (χ2n) is 4.39. The summed E-state index contributed by atoms with van der Waals surface area (Å²) in [5, 5.41) is 9.74. The van der Waals surface area contributed by atoms with Gasteiger partial charge in [0, 0.05) is 18.7 Å². The fourth-order valence-electron chi connectivity index (χ4n) is 1.42. The third-order valence-electron chi connectivity index (χ3n) is 2.19. The van der Waals surface area contributed by atoms with Gasteiger partial charge in [0.15, 0.2) is 0 Å². The molecule has 0 saturated heterocycles. The van der Waals surface area contributed by atoms with E-state index >= 15 is 0 Å². The summed E-state index contributed by atoms with van der Waals surface area (Å²) in [7, 11) is 0. The molecule has 100 valence electrons. The third-order valence-corrected chi connectivity index (χ3v) is 2.19. The van der Waals surface area contributed by atoms with Gasteiger partial charge < -0.3 is 10.6 Å². The molecule has 18 heavy (non-hydrogen) atoms. The third kappa shape index (κ3) is 4.57. The van der Waals surface area contributed by atoms with Crippen molar-refractivity contribution in [1.29, 1.82) is 0 Å². The second-order valence-corrected chi connectivity index (χ2v) is 4.39. The van der Waals surface area contributed by atoms with E-state index in [1.165, 1.54) is 6.07 Å². The van der Waals surface area contributed by atoms with E-state index in [-0.39, 0.29) is 24.1 Å². The van der Waals surface area contributed by atoms with Crippen LogP contribution in [-0.2, 0) is 11.3 Å². The molecule has 0 atom stereocenters. The maximum atomic E-state index is 11.7. The molecule has 0 radical (unpaired) electrons. The van der Waals surface area contributed by atoms with Crippen LogP contribution < -0.4 is 16.2 Å². The van der Waals surface area contributed by atoms with Crippen LogP contribution in [0.3, 0.4) is 0 Å². The van der Waals surface area contributed by atoms with E-state index in [9.17, 15) is 9.59 Å². The molecule has 0 aromatic carbocycles. The van der Waals surface area contributed by atoms with Gasteiger partial charge in [0.2, 0.25) is 5.91 Å². The normalized spacial score (nSPS) is 10.4. The van der Waals surface area contributed by atoms with Gasteiger partial charge in [-0.2, -0.15) is 5.10 Å². The Labute approximate surface area is 106 Å². The molecule has 1 aromatic rings. The number of carbonyl (C=O) groups excluding carboxylic acids is 1. The first-order chi connectivity index (χ1) is 8.52. The summed E-state index contributed by atoms with van der Waals surface area (Å²) in [5.41, 5.74) is 0.382. The molecular weight excluding hydrogens is 232 g/mol. The molecule has 0 bridgehead atoms. The predicted molar refractivity (Wildman–Crippen MR) is 70.6 cm³/mol. The van der Waals surface area contributed by atoms with Crippen molar-refractivity contribution in [2.45, 2.75) is 39.8 Å². The fraction of sp³-hybridized carbons (Fsp3) is 0.583. The predicted octanol–water partition coefficient (Wildman–Crippen LogP) is 0.590. The maximum Gasteiger partial charge on any atom is 0.269 e. The van der Waals surface area contributed by atoms with Crippen LogP contribution in [-0.4, -0.2) is 28.3 Å². The maximum absolute atomic E-state index is 11.7. The zero-order valence-corrected chi connectivity index (χ0v) is 11.1. The van der Waals surface area contributed by atoms with Crippen LogP contribution in [0.2, 0.25) is 0 Å². The van der Waals surface area contributed by atoms with Gasteiger partial charge in [-0.3, -0.25) is 9.59 Å². The molecule has 2 N–H and O–H groups in total. The highest BCUT2D eigenvalue weighted by Crippen LogP contribution is 2.01. The zero-order valence-electron chi connectivity index (χ0n) is 11.1.